The number of aromatic nitrogens is 3. The van der Waals surface area contributed by atoms with Crippen molar-refractivity contribution in [3.8, 4) is 0 Å². The number of nitrogens with zero attached hydrogens (tertiary/aromatic N) is 2. The topological polar surface area (TPSA) is 138 Å². The van der Waals surface area contributed by atoms with Crippen LogP contribution in [0.2, 0.25) is 0 Å². The summed E-state index contributed by atoms with van der Waals surface area (Å²) in [5.41, 5.74) is -0.379. The first-order valence-electron chi connectivity index (χ1n) is 6.67. The van der Waals surface area contributed by atoms with Gasteiger partial charge in [-0.05, 0) is 12.5 Å². The summed E-state index contributed by atoms with van der Waals surface area (Å²) in [7, 11) is 0. The summed E-state index contributed by atoms with van der Waals surface area (Å²) in [6.07, 6.45) is -3.44. The molecule has 1 fully saturated rings. The number of aryl methyl sites for hydroxylation is 1. The van der Waals surface area contributed by atoms with E-state index in [2.05, 4.69) is 9.97 Å². The molecule has 1 unspecified atom stereocenters. The molecule has 9 heteroatoms. The van der Waals surface area contributed by atoms with Gasteiger partial charge in [-0.3, -0.25) is 9.36 Å². The van der Waals surface area contributed by atoms with Crippen LogP contribution in [-0.2, 0) is 4.74 Å². The highest BCUT2D eigenvalue weighted by atomic mass is 16.6. The van der Waals surface area contributed by atoms with Crippen molar-refractivity contribution in [2.75, 3.05) is 6.61 Å². The lowest BCUT2D eigenvalue weighted by Gasteiger charge is -2.17. The van der Waals surface area contributed by atoms with Gasteiger partial charge in [-0.25, -0.2) is 4.79 Å². The van der Waals surface area contributed by atoms with Gasteiger partial charge in [0.2, 0.25) is 5.56 Å². The molecule has 9 nitrogen and oxygen atoms in total. The largest absolute Gasteiger partial charge is 0.394 e. The summed E-state index contributed by atoms with van der Waals surface area (Å²) in [6.45, 7) is 1.20. The Morgan fingerprint density at radius 3 is 2.73 bits per heavy atom. The molecule has 0 amide bonds. The lowest BCUT2D eigenvalue weighted by molar-refractivity contribution is -0.0547. The third-order valence-electron chi connectivity index (χ3n) is 3.76. The molecule has 1 aliphatic heterocycles. The average molecular weight is 309 g/mol. The first kappa shape index (κ1) is 14.9. The van der Waals surface area contributed by atoms with Crippen LogP contribution in [0.25, 0.3) is 11.0 Å². The van der Waals surface area contributed by atoms with E-state index in [1.165, 1.54) is 12.3 Å². The Morgan fingerprint density at radius 2 is 2.09 bits per heavy atom. The van der Waals surface area contributed by atoms with E-state index in [0.29, 0.717) is 10.9 Å². The summed E-state index contributed by atoms with van der Waals surface area (Å²) in [4.78, 5) is 29.7. The van der Waals surface area contributed by atoms with Gasteiger partial charge in [0.25, 0.3) is 0 Å². The van der Waals surface area contributed by atoms with Crippen molar-refractivity contribution in [3.05, 3.63) is 38.7 Å². The highest BCUT2D eigenvalue weighted by molar-refractivity contribution is 5.76. The molecule has 0 spiro atoms. The van der Waals surface area contributed by atoms with Crippen molar-refractivity contribution in [1.29, 1.82) is 0 Å². The smallest absolute Gasteiger partial charge is 0.351 e. The van der Waals surface area contributed by atoms with Crippen LogP contribution < -0.4 is 11.2 Å². The first-order valence-corrected chi connectivity index (χ1v) is 6.67. The molecule has 0 saturated carbocycles. The molecular weight excluding hydrogens is 294 g/mol. The quantitative estimate of drug-likeness (QED) is 0.503. The van der Waals surface area contributed by atoms with Gasteiger partial charge in [0.1, 0.15) is 24.0 Å². The molecule has 1 saturated heterocycles. The van der Waals surface area contributed by atoms with E-state index in [-0.39, 0.29) is 11.2 Å². The van der Waals surface area contributed by atoms with Crippen LogP contribution in [0.3, 0.4) is 0 Å². The van der Waals surface area contributed by atoms with Crippen molar-refractivity contribution in [3.63, 3.8) is 0 Å². The number of nitrogens with one attached hydrogen (secondary N) is 1. The van der Waals surface area contributed by atoms with Crippen LogP contribution in [0.1, 0.15) is 11.8 Å². The number of pyridine rings is 1. The zero-order valence-corrected chi connectivity index (χ0v) is 11.6. The third-order valence-corrected chi connectivity index (χ3v) is 3.76. The van der Waals surface area contributed by atoms with E-state index < -0.39 is 36.8 Å². The van der Waals surface area contributed by atoms with Crippen LogP contribution in [0.4, 0.5) is 0 Å². The number of hydrogen-bond donors (Lipinski definition) is 4. The van der Waals surface area contributed by atoms with Crippen LogP contribution in [0.15, 0.2) is 21.9 Å². The highest BCUT2D eigenvalue weighted by Crippen LogP contribution is 2.28. The molecular formula is C13H15N3O6. The van der Waals surface area contributed by atoms with Crippen LogP contribution in [-0.4, -0.2) is 54.8 Å². The Morgan fingerprint density at radius 1 is 1.36 bits per heavy atom. The molecule has 4 atom stereocenters. The van der Waals surface area contributed by atoms with E-state index in [9.17, 15) is 19.8 Å². The molecule has 3 heterocycles. The van der Waals surface area contributed by atoms with Crippen molar-refractivity contribution in [2.24, 2.45) is 0 Å². The Labute approximate surface area is 123 Å². The molecule has 0 radical (unpaired) electrons. The number of hydrogen-bond acceptors (Lipinski definition) is 7. The Balaban J connectivity index is 2.14. The fourth-order valence-corrected chi connectivity index (χ4v) is 2.57. The average Bonchev–Trinajstić information content (AvgIpc) is 2.74. The van der Waals surface area contributed by atoms with Gasteiger partial charge in [-0.15, -0.1) is 0 Å². The summed E-state index contributed by atoms with van der Waals surface area (Å²) in [5, 5.41) is 29.4. The summed E-state index contributed by atoms with van der Waals surface area (Å²) >= 11 is 0. The second-order valence-electron chi connectivity index (χ2n) is 5.24. The van der Waals surface area contributed by atoms with E-state index >= 15 is 0 Å². The molecule has 4 N–H and O–H groups in total. The maximum atomic E-state index is 12.1. The minimum Gasteiger partial charge on any atom is -0.394 e. The predicted octanol–water partition coefficient (Wildman–Crippen LogP) is -2.00. The zero-order chi connectivity index (χ0) is 16.0. The first-order chi connectivity index (χ1) is 10.4. The number of aliphatic hydroxyl groups excluding tert-OH is 3. The minimum absolute atomic E-state index is 0.137. The SMILES string of the molecule is Cc1cc(=O)[nH]c2nc(=O)n([C@@H]3O[C@H](CO)C(O)[C@@H]3O)cc12. The molecule has 118 valence electrons. The second-order valence-corrected chi connectivity index (χ2v) is 5.24. The standard InChI is InChI=1S/C13H15N3O6/c1-5-2-8(18)14-11-6(5)3-16(13(21)15-11)12-10(20)9(19)7(4-17)22-12/h2-3,7,9-10,12,17,19-20H,4H2,1H3,(H,14,15,18,21)/t7-,9?,10+,12-/m1/s1. The summed E-state index contributed by atoms with van der Waals surface area (Å²) < 4.78 is 6.35. The van der Waals surface area contributed by atoms with Crippen LogP contribution in [0, 0.1) is 6.92 Å². The maximum absolute atomic E-state index is 12.1. The Hall–Kier alpha value is -2.07. The molecule has 0 aliphatic carbocycles. The molecule has 3 rings (SSSR count). The van der Waals surface area contributed by atoms with Gasteiger partial charge in [-0.1, -0.05) is 0 Å². The maximum Gasteiger partial charge on any atom is 0.351 e. The van der Waals surface area contributed by atoms with E-state index in [1.807, 2.05) is 0 Å². The predicted molar refractivity (Wildman–Crippen MR) is 74.4 cm³/mol. The van der Waals surface area contributed by atoms with Gasteiger partial charge < -0.3 is 25.0 Å². The highest BCUT2D eigenvalue weighted by Gasteiger charge is 2.43. The fourth-order valence-electron chi connectivity index (χ4n) is 2.57. The Kier molecular flexibility index (Phi) is 3.57. The van der Waals surface area contributed by atoms with E-state index in [1.54, 1.807) is 6.92 Å². The van der Waals surface area contributed by atoms with Gasteiger partial charge in [0, 0.05) is 17.6 Å². The van der Waals surface area contributed by atoms with Crippen LogP contribution in [0.5, 0.6) is 0 Å². The fraction of sp³-hybridized carbons (Fsp3) is 0.462. The van der Waals surface area contributed by atoms with Gasteiger partial charge in [0.15, 0.2) is 6.23 Å². The second kappa shape index (κ2) is 5.29. The van der Waals surface area contributed by atoms with Gasteiger partial charge >= 0.3 is 5.69 Å². The van der Waals surface area contributed by atoms with Gasteiger partial charge in [-0.2, -0.15) is 4.98 Å². The third kappa shape index (κ3) is 2.24. The number of fused-ring (bicyclic) bond motifs is 1. The monoisotopic (exact) mass is 309 g/mol. The normalized spacial score (nSPS) is 28.4. The molecule has 1 aliphatic rings. The van der Waals surface area contributed by atoms with E-state index in [0.717, 1.165) is 4.57 Å². The molecule has 22 heavy (non-hydrogen) atoms. The minimum atomic E-state index is -1.38. The lowest BCUT2D eigenvalue weighted by Crippen LogP contribution is -2.36. The van der Waals surface area contributed by atoms with Crippen molar-refractivity contribution < 1.29 is 20.1 Å². The summed E-state index contributed by atoms with van der Waals surface area (Å²) in [6, 6.07) is 1.36. The van der Waals surface area contributed by atoms with Crippen LogP contribution >= 0.6 is 0 Å². The number of rotatable bonds is 2. The van der Waals surface area contributed by atoms with Crippen molar-refractivity contribution in [2.45, 2.75) is 31.5 Å². The zero-order valence-electron chi connectivity index (χ0n) is 11.6. The van der Waals surface area contributed by atoms with E-state index in [4.69, 9.17) is 9.84 Å². The Bertz CT molecular complexity index is 829. The van der Waals surface area contributed by atoms with Crippen molar-refractivity contribution in [1.82, 2.24) is 14.5 Å². The lowest BCUT2D eigenvalue weighted by atomic mass is 10.1. The summed E-state index contributed by atoms with van der Waals surface area (Å²) in [5.74, 6) is 0. The van der Waals surface area contributed by atoms with Crippen molar-refractivity contribution >= 4 is 11.0 Å². The molecule has 0 bridgehead atoms. The number of ether oxygens (including phenoxy) is 1. The molecule has 2 aromatic rings. The molecule has 0 aromatic carbocycles. The number of H-pyrrole nitrogens is 1. The molecule has 2 aromatic heterocycles. The van der Waals surface area contributed by atoms with Gasteiger partial charge in [0.05, 0.1) is 6.61 Å². The number of aliphatic hydroxyl groups is 3. The number of aromatic amines is 1.